The van der Waals surface area contributed by atoms with E-state index in [1.54, 1.807) is 6.20 Å². The summed E-state index contributed by atoms with van der Waals surface area (Å²) in [5, 5.41) is 5.48. The van der Waals surface area contributed by atoms with E-state index in [0.29, 0.717) is 24.8 Å². The van der Waals surface area contributed by atoms with Gasteiger partial charge in [-0.15, -0.1) is 11.3 Å². The summed E-state index contributed by atoms with van der Waals surface area (Å²) >= 11 is 1.45. The van der Waals surface area contributed by atoms with Crippen LogP contribution in [-0.2, 0) is 17.8 Å². The van der Waals surface area contributed by atoms with Gasteiger partial charge < -0.3 is 11.1 Å². The van der Waals surface area contributed by atoms with Gasteiger partial charge in [-0.3, -0.25) is 14.7 Å². The second-order valence-electron chi connectivity index (χ2n) is 5.16. The smallest absolute Gasteiger partial charge is 0.234 e. The highest BCUT2D eigenvalue weighted by Gasteiger charge is 2.07. The number of likely N-dealkylation sites (N-methyl/N-ethyl adjacent to an activating group) is 1. The van der Waals surface area contributed by atoms with E-state index >= 15 is 0 Å². The molecule has 3 N–H and O–H groups in total. The molecule has 0 aliphatic rings. The van der Waals surface area contributed by atoms with Crippen LogP contribution in [0.2, 0.25) is 0 Å². The Morgan fingerprint density at radius 3 is 3.05 bits per heavy atom. The first-order valence-corrected chi connectivity index (χ1v) is 8.05. The number of carbonyl (C=O) groups excluding carboxylic acids is 1. The summed E-state index contributed by atoms with van der Waals surface area (Å²) in [5.41, 5.74) is 7.66. The van der Waals surface area contributed by atoms with E-state index in [-0.39, 0.29) is 5.91 Å². The molecule has 6 nitrogen and oxygen atoms in total. The second kappa shape index (κ2) is 8.45. The Bertz CT molecular complexity index is 587. The van der Waals surface area contributed by atoms with E-state index in [1.165, 1.54) is 11.3 Å². The number of thiazole rings is 1. The summed E-state index contributed by atoms with van der Waals surface area (Å²) in [4.78, 5) is 22.1. The number of hydrogen-bond donors (Lipinski definition) is 2. The van der Waals surface area contributed by atoms with E-state index in [1.807, 2.05) is 35.7 Å². The molecular formula is C15H21N5OS. The standard InChI is InChI=1S/C15H21N5OS/c1-20(9-12-4-2-6-17-8-12)10-14(21)18-7-3-5-13-11-22-15(16)19-13/h2,4,6,8,11H,3,5,7,9-10H2,1H3,(H2,16,19)(H,18,21). The number of nitrogens with one attached hydrogen (secondary N) is 1. The van der Waals surface area contributed by atoms with E-state index in [2.05, 4.69) is 15.3 Å². The lowest BCUT2D eigenvalue weighted by atomic mass is 10.2. The Kier molecular flexibility index (Phi) is 6.29. The summed E-state index contributed by atoms with van der Waals surface area (Å²) < 4.78 is 0. The van der Waals surface area contributed by atoms with Crippen LogP contribution >= 0.6 is 11.3 Å². The third kappa shape index (κ3) is 5.79. The number of amides is 1. The zero-order valence-corrected chi connectivity index (χ0v) is 13.5. The minimum Gasteiger partial charge on any atom is -0.375 e. The summed E-state index contributed by atoms with van der Waals surface area (Å²) in [6.07, 6.45) is 5.25. The summed E-state index contributed by atoms with van der Waals surface area (Å²) in [5.74, 6) is 0.0317. The van der Waals surface area contributed by atoms with Gasteiger partial charge in [-0.05, 0) is 31.5 Å². The number of hydrogen-bond acceptors (Lipinski definition) is 6. The van der Waals surface area contributed by atoms with Crippen molar-refractivity contribution in [3.05, 3.63) is 41.2 Å². The van der Waals surface area contributed by atoms with Gasteiger partial charge in [0.1, 0.15) is 0 Å². The fourth-order valence-corrected chi connectivity index (χ4v) is 2.69. The molecule has 0 fully saturated rings. The molecule has 7 heteroatoms. The molecule has 0 spiro atoms. The molecule has 0 atom stereocenters. The molecule has 1 amide bonds. The van der Waals surface area contributed by atoms with Crippen LogP contribution in [0.5, 0.6) is 0 Å². The fraction of sp³-hybridized carbons (Fsp3) is 0.400. The molecule has 0 saturated heterocycles. The Labute approximate surface area is 134 Å². The van der Waals surface area contributed by atoms with Gasteiger partial charge in [0.25, 0.3) is 0 Å². The van der Waals surface area contributed by atoms with E-state index in [0.717, 1.165) is 24.1 Å². The highest BCUT2D eigenvalue weighted by atomic mass is 32.1. The van der Waals surface area contributed by atoms with Gasteiger partial charge in [0, 0.05) is 30.9 Å². The van der Waals surface area contributed by atoms with Crippen LogP contribution in [-0.4, -0.2) is 40.9 Å². The predicted octanol–water partition coefficient (Wildman–Crippen LogP) is 1.30. The van der Waals surface area contributed by atoms with Crippen molar-refractivity contribution in [2.45, 2.75) is 19.4 Å². The van der Waals surface area contributed by atoms with Crippen molar-refractivity contribution in [3.8, 4) is 0 Å². The lowest BCUT2D eigenvalue weighted by Crippen LogP contribution is -2.35. The van der Waals surface area contributed by atoms with Crippen molar-refractivity contribution >= 4 is 22.4 Å². The van der Waals surface area contributed by atoms with Crippen molar-refractivity contribution in [2.24, 2.45) is 0 Å². The maximum absolute atomic E-state index is 11.9. The first-order chi connectivity index (χ1) is 10.6. The number of aromatic nitrogens is 2. The maximum Gasteiger partial charge on any atom is 0.234 e. The molecular weight excluding hydrogens is 298 g/mol. The topological polar surface area (TPSA) is 84.1 Å². The predicted molar refractivity (Wildman–Crippen MR) is 88.4 cm³/mol. The van der Waals surface area contributed by atoms with Gasteiger partial charge in [0.2, 0.25) is 5.91 Å². The number of aryl methyl sites for hydroxylation is 1. The zero-order valence-electron chi connectivity index (χ0n) is 12.7. The van der Waals surface area contributed by atoms with Crippen molar-refractivity contribution in [1.29, 1.82) is 0 Å². The Morgan fingerprint density at radius 1 is 1.50 bits per heavy atom. The average Bonchev–Trinajstić information content (AvgIpc) is 2.90. The van der Waals surface area contributed by atoms with Crippen molar-refractivity contribution in [3.63, 3.8) is 0 Å². The Hall–Kier alpha value is -1.99. The molecule has 0 unspecified atom stereocenters. The maximum atomic E-state index is 11.9. The minimum atomic E-state index is 0.0317. The van der Waals surface area contributed by atoms with Crippen LogP contribution < -0.4 is 11.1 Å². The summed E-state index contributed by atoms with van der Waals surface area (Å²) in [7, 11) is 1.92. The van der Waals surface area contributed by atoms with E-state index in [4.69, 9.17) is 5.73 Å². The van der Waals surface area contributed by atoms with Crippen LogP contribution in [0, 0.1) is 0 Å². The molecule has 0 aliphatic heterocycles. The quantitative estimate of drug-likeness (QED) is 0.717. The minimum absolute atomic E-state index is 0.0317. The van der Waals surface area contributed by atoms with Gasteiger partial charge in [0.05, 0.1) is 12.2 Å². The Balaban J connectivity index is 1.61. The van der Waals surface area contributed by atoms with Crippen LogP contribution in [0.1, 0.15) is 17.7 Å². The largest absolute Gasteiger partial charge is 0.375 e. The van der Waals surface area contributed by atoms with Gasteiger partial charge in [-0.2, -0.15) is 0 Å². The van der Waals surface area contributed by atoms with Crippen molar-refractivity contribution in [1.82, 2.24) is 20.2 Å². The van der Waals surface area contributed by atoms with Crippen LogP contribution in [0.15, 0.2) is 29.9 Å². The molecule has 2 heterocycles. The van der Waals surface area contributed by atoms with Gasteiger partial charge >= 0.3 is 0 Å². The number of anilines is 1. The number of carbonyl (C=O) groups is 1. The molecule has 2 rings (SSSR count). The van der Waals surface area contributed by atoms with E-state index in [9.17, 15) is 4.79 Å². The summed E-state index contributed by atoms with van der Waals surface area (Å²) in [6, 6.07) is 3.90. The molecule has 2 aromatic rings. The van der Waals surface area contributed by atoms with Gasteiger partial charge in [-0.25, -0.2) is 4.98 Å². The van der Waals surface area contributed by atoms with Crippen molar-refractivity contribution < 1.29 is 4.79 Å². The third-order valence-corrected chi connectivity index (χ3v) is 3.81. The molecule has 0 radical (unpaired) electrons. The van der Waals surface area contributed by atoms with Crippen LogP contribution in [0.3, 0.4) is 0 Å². The Morgan fingerprint density at radius 2 is 2.36 bits per heavy atom. The van der Waals surface area contributed by atoms with E-state index < -0.39 is 0 Å². The second-order valence-corrected chi connectivity index (χ2v) is 6.05. The number of nitrogens with zero attached hydrogens (tertiary/aromatic N) is 3. The highest BCUT2D eigenvalue weighted by molar-refractivity contribution is 7.13. The number of pyridine rings is 1. The number of nitrogens with two attached hydrogens (primary N) is 1. The molecule has 118 valence electrons. The van der Waals surface area contributed by atoms with Gasteiger partial charge in [0.15, 0.2) is 5.13 Å². The normalized spacial score (nSPS) is 10.8. The SMILES string of the molecule is CN(CC(=O)NCCCc1csc(N)n1)Cc1cccnc1. The molecule has 2 aromatic heterocycles. The zero-order chi connectivity index (χ0) is 15.8. The monoisotopic (exact) mass is 319 g/mol. The lowest BCUT2D eigenvalue weighted by molar-refractivity contribution is -0.122. The van der Waals surface area contributed by atoms with Crippen molar-refractivity contribution in [2.75, 3.05) is 25.9 Å². The molecule has 0 aromatic carbocycles. The number of rotatable bonds is 8. The first kappa shape index (κ1) is 16.4. The number of nitrogen functional groups attached to an aromatic ring is 1. The summed E-state index contributed by atoms with van der Waals surface area (Å²) in [6.45, 7) is 1.73. The molecule has 0 aliphatic carbocycles. The lowest BCUT2D eigenvalue weighted by Gasteiger charge is -2.16. The first-order valence-electron chi connectivity index (χ1n) is 7.17. The van der Waals surface area contributed by atoms with Crippen LogP contribution in [0.25, 0.3) is 0 Å². The molecule has 22 heavy (non-hydrogen) atoms. The average molecular weight is 319 g/mol. The van der Waals surface area contributed by atoms with Crippen LogP contribution in [0.4, 0.5) is 5.13 Å². The third-order valence-electron chi connectivity index (χ3n) is 3.09. The molecule has 0 saturated carbocycles. The highest BCUT2D eigenvalue weighted by Crippen LogP contribution is 2.12. The van der Waals surface area contributed by atoms with Gasteiger partial charge in [-0.1, -0.05) is 6.07 Å². The molecule has 0 bridgehead atoms. The fourth-order valence-electron chi connectivity index (χ4n) is 2.10.